The van der Waals surface area contributed by atoms with Crippen molar-refractivity contribution in [2.45, 2.75) is 19.3 Å². The number of hydrogen-bond acceptors (Lipinski definition) is 3. The largest absolute Gasteiger partial charge is 0.330 e. The maximum atomic E-state index is 5.64. The Morgan fingerprint density at radius 1 is 1.23 bits per heavy atom. The first-order valence-electron chi connectivity index (χ1n) is 5.35. The zero-order valence-corrected chi connectivity index (χ0v) is 9.11. The predicted octanol–water partition coefficient (Wildman–Crippen LogP) is 1.16. The van der Waals surface area contributed by atoms with Crippen LogP contribution >= 0.6 is 11.8 Å². The molecule has 2 nitrogen and oxygen atoms in total. The quantitative estimate of drug-likeness (QED) is 0.738. The highest BCUT2D eigenvalue weighted by molar-refractivity contribution is 7.99. The molecule has 0 spiro atoms. The van der Waals surface area contributed by atoms with Crippen LogP contribution in [0.2, 0.25) is 0 Å². The van der Waals surface area contributed by atoms with E-state index >= 15 is 0 Å². The Morgan fingerprint density at radius 2 is 1.92 bits per heavy atom. The molecule has 1 saturated carbocycles. The lowest BCUT2D eigenvalue weighted by Crippen LogP contribution is -2.37. The van der Waals surface area contributed by atoms with E-state index < -0.39 is 0 Å². The smallest absolute Gasteiger partial charge is 0.00729 e. The lowest BCUT2D eigenvalue weighted by Gasteiger charge is -2.30. The molecule has 0 aromatic carbocycles. The molecule has 13 heavy (non-hydrogen) atoms. The Kier molecular flexibility index (Phi) is 3.17. The van der Waals surface area contributed by atoms with E-state index in [1.54, 1.807) is 0 Å². The van der Waals surface area contributed by atoms with Crippen molar-refractivity contribution in [2.75, 3.05) is 37.7 Å². The SMILES string of the molecule is NCCC1(CN2CCSCC2)CC1. The van der Waals surface area contributed by atoms with Gasteiger partial charge in [0.1, 0.15) is 0 Å². The van der Waals surface area contributed by atoms with Gasteiger partial charge >= 0.3 is 0 Å². The van der Waals surface area contributed by atoms with Crippen LogP contribution in [0.1, 0.15) is 19.3 Å². The van der Waals surface area contributed by atoms with E-state index in [-0.39, 0.29) is 0 Å². The maximum Gasteiger partial charge on any atom is 0.00729 e. The molecule has 0 unspecified atom stereocenters. The summed E-state index contributed by atoms with van der Waals surface area (Å²) in [5.74, 6) is 2.66. The van der Waals surface area contributed by atoms with Gasteiger partial charge in [-0.25, -0.2) is 0 Å². The molecule has 2 aliphatic rings. The first kappa shape index (κ1) is 9.81. The summed E-state index contributed by atoms with van der Waals surface area (Å²) in [7, 11) is 0. The zero-order valence-electron chi connectivity index (χ0n) is 8.30. The minimum Gasteiger partial charge on any atom is -0.330 e. The van der Waals surface area contributed by atoms with Gasteiger partial charge in [0.2, 0.25) is 0 Å². The molecule has 3 heteroatoms. The van der Waals surface area contributed by atoms with Crippen molar-refractivity contribution < 1.29 is 0 Å². The van der Waals surface area contributed by atoms with Gasteiger partial charge in [0, 0.05) is 31.1 Å². The van der Waals surface area contributed by atoms with E-state index in [1.165, 1.54) is 50.4 Å². The van der Waals surface area contributed by atoms with Crippen LogP contribution in [0.25, 0.3) is 0 Å². The molecule has 0 aromatic rings. The highest BCUT2D eigenvalue weighted by atomic mass is 32.2. The number of nitrogens with two attached hydrogens (primary N) is 1. The fraction of sp³-hybridized carbons (Fsp3) is 1.00. The molecule has 1 aliphatic carbocycles. The molecular formula is C10H20N2S. The van der Waals surface area contributed by atoms with Crippen molar-refractivity contribution in [3.05, 3.63) is 0 Å². The Labute approximate surface area is 85.2 Å². The summed E-state index contributed by atoms with van der Waals surface area (Å²) in [6, 6.07) is 0. The van der Waals surface area contributed by atoms with Crippen molar-refractivity contribution >= 4 is 11.8 Å². The van der Waals surface area contributed by atoms with E-state index in [2.05, 4.69) is 16.7 Å². The predicted molar refractivity (Wildman–Crippen MR) is 59.1 cm³/mol. The van der Waals surface area contributed by atoms with Crippen molar-refractivity contribution in [1.82, 2.24) is 4.90 Å². The third-order valence-corrected chi connectivity index (χ3v) is 4.24. The van der Waals surface area contributed by atoms with Crippen LogP contribution in [0.3, 0.4) is 0 Å². The third kappa shape index (κ3) is 2.61. The van der Waals surface area contributed by atoms with Gasteiger partial charge in [-0.3, -0.25) is 0 Å². The van der Waals surface area contributed by atoms with Crippen LogP contribution in [0, 0.1) is 5.41 Å². The number of nitrogens with zero attached hydrogens (tertiary/aromatic N) is 1. The van der Waals surface area contributed by atoms with Crippen molar-refractivity contribution in [1.29, 1.82) is 0 Å². The second-order valence-corrected chi connectivity index (χ2v) is 5.65. The Bertz CT molecular complexity index is 162. The topological polar surface area (TPSA) is 29.3 Å². The van der Waals surface area contributed by atoms with E-state index in [4.69, 9.17) is 5.73 Å². The lowest BCUT2D eigenvalue weighted by molar-refractivity contribution is 0.232. The Balaban J connectivity index is 1.76. The average molecular weight is 200 g/mol. The molecule has 2 N–H and O–H groups in total. The third-order valence-electron chi connectivity index (χ3n) is 3.29. The van der Waals surface area contributed by atoms with Crippen LogP contribution < -0.4 is 5.73 Å². The van der Waals surface area contributed by atoms with E-state index in [0.29, 0.717) is 5.41 Å². The van der Waals surface area contributed by atoms with Crippen LogP contribution in [-0.4, -0.2) is 42.6 Å². The van der Waals surface area contributed by atoms with Gasteiger partial charge in [-0.1, -0.05) is 0 Å². The first-order valence-corrected chi connectivity index (χ1v) is 6.50. The van der Waals surface area contributed by atoms with Gasteiger partial charge in [0.05, 0.1) is 0 Å². The Morgan fingerprint density at radius 3 is 2.46 bits per heavy atom. The standard InChI is InChI=1S/C10H20N2S/c11-4-3-10(1-2-10)9-12-5-7-13-8-6-12/h1-9,11H2. The second kappa shape index (κ2) is 4.20. The monoisotopic (exact) mass is 200 g/mol. The summed E-state index contributed by atoms with van der Waals surface area (Å²) in [5.41, 5.74) is 6.29. The molecule has 1 heterocycles. The van der Waals surface area contributed by atoms with Gasteiger partial charge in [-0.15, -0.1) is 0 Å². The normalized spacial score (nSPS) is 27.5. The summed E-state index contributed by atoms with van der Waals surface area (Å²) in [6.45, 7) is 4.81. The molecule has 2 rings (SSSR count). The summed E-state index contributed by atoms with van der Waals surface area (Å²) < 4.78 is 0. The molecule has 2 fully saturated rings. The minimum absolute atomic E-state index is 0.650. The second-order valence-electron chi connectivity index (χ2n) is 4.43. The number of rotatable bonds is 4. The van der Waals surface area contributed by atoms with Gasteiger partial charge < -0.3 is 10.6 Å². The van der Waals surface area contributed by atoms with Gasteiger partial charge in [0.15, 0.2) is 0 Å². The van der Waals surface area contributed by atoms with Crippen LogP contribution in [0.5, 0.6) is 0 Å². The summed E-state index contributed by atoms with van der Waals surface area (Å²) >= 11 is 2.09. The lowest BCUT2D eigenvalue weighted by atomic mass is 10.0. The molecule has 0 radical (unpaired) electrons. The summed E-state index contributed by atoms with van der Waals surface area (Å²) in [6.07, 6.45) is 4.10. The van der Waals surface area contributed by atoms with Gasteiger partial charge in [0.25, 0.3) is 0 Å². The molecule has 0 bridgehead atoms. The van der Waals surface area contributed by atoms with E-state index in [1.807, 2.05) is 0 Å². The summed E-state index contributed by atoms with van der Waals surface area (Å²) in [4.78, 5) is 2.64. The van der Waals surface area contributed by atoms with Crippen molar-refractivity contribution in [3.8, 4) is 0 Å². The maximum absolute atomic E-state index is 5.64. The average Bonchev–Trinajstić information content (AvgIpc) is 2.87. The molecule has 0 aromatic heterocycles. The van der Waals surface area contributed by atoms with Crippen LogP contribution in [0.15, 0.2) is 0 Å². The fourth-order valence-electron chi connectivity index (χ4n) is 2.20. The minimum atomic E-state index is 0.650. The van der Waals surface area contributed by atoms with Crippen molar-refractivity contribution in [2.24, 2.45) is 11.1 Å². The highest BCUT2D eigenvalue weighted by Gasteiger charge is 2.42. The number of hydrogen-bond donors (Lipinski definition) is 1. The Hall–Kier alpha value is 0.270. The number of thioether (sulfide) groups is 1. The molecule has 0 atom stereocenters. The van der Waals surface area contributed by atoms with Gasteiger partial charge in [-0.2, -0.15) is 11.8 Å². The first-order chi connectivity index (χ1) is 6.35. The van der Waals surface area contributed by atoms with Gasteiger partial charge in [-0.05, 0) is 31.2 Å². The molecule has 1 saturated heterocycles. The van der Waals surface area contributed by atoms with E-state index in [0.717, 1.165) is 6.54 Å². The van der Waals surface area contributed by atoms with E-state index in [9.17, 15) is 0 Å². The molecule has 1 aliphatic heterocycles. The summed E-state index contributed by atoms with van der Waals surface area (Å²) in [5, 5.41) is 0. The van der Waals surface area contributed by atoms with Crippen LogP contribution in [-0.2, 0) is 0 Å². The molecular weight excluding hydrogens is 180 g/mol. The molecule has 0 amide bonds. The molecule has 76 valence electrons. The van der Waals surface area contributed by atoms with Crippen molar-refractivity contribution in [3.63, 3.8) is 0 Å². The zero-order chi connectivity index (χ0) is 9.15. The fourth-order valence-corrected chi connectivity index (χ4v) is 3.18. The van der Waals surface area contributed by atoms with Crippen LogP contribution in [0.4, 0.5) is 0 Å². The highest BCUT2D eigenvalue weighted by Crippen LogP contribution is 2.49.